The summed E-state index contributed by atoms with van der Waals surface area (Å²) in [5.41, 5.74) is 0.778. The molecule has 0 N–H and O–H groups in total. The van der Waals surface area contributed by atoms with Gasteiger partial charge in [-0.3, -0.25) is 4.79 Å². The lowest BCUT2D eigenvalue weighted by Gasteiger charge is -2.40. The topological polar surface area (TPSA) is 81.4 Å². The number of aromatic nitrogens is 3. The Hall–Kier alpha value is -1.80. The Labute approximate surface area is 181 Å². The Bertz CT molecular complexity index is 905. The Morgan fingerprint density at radius 2 is 1.87 bits per heavy atom. The summed E-state index contributed by atoms with van der Waals surface area (Å²) < 4.78 is 11.2. The molecule has 1 aliphatic carbocycles. The van der Waals surface area contributed by atoms with E-state index in [1.807, 2.05) is 18.7 Å². The summed E-state index contributed by atoms with van der Waals surface area (Å²) in [6.07, 6.45) is 7.42. The Balaban J connectivity index is 1.33. The van der Waals surface area contributed by atoms with Gasteiger partial charge in [-0.2, -0.15) is 4.98 Å². The number of nitrogens with zero attached hydrogens (tertiary/aromatic N) is 4. The standard InChI is InChI=1S/C22H30N4O3S/c1-14-18(30-15(2)23-14)20(27)26-9-7-22(8-10-26,13-16-3-4-16)21-24-19(29-25-21)17-5-11-28-12-6-17/h16-17H,3-13H2,1-2H3. The molecular formula is C22H30N4O3S. The van der Waals surface area contributed by atoms with Gasteiger partial charge in [-0.25, -0.2) is 4.98 Å². The Morgan fingerprint density at radius 3 is 2.50 bits per heavy atom. The molecule has 2 aromatic rings. The molecule has 2 aromatic heterocycles. The van der Waals surface area contributed by atoms with E-state index in [0.717, 1.165) is 91.6 Å². The number of rotatable bonds is 5. The number of carbonyl (C=O) groups excluding carboxylic acids is 1. The highest BCUT2D eigenvalue weighted by Gasteiger charge is 2.45. The van der Waals surface area contributed by atoms with Crippen LogP contribution in [-0.4, -0.2) is 52.2 Å². The van der Waals surface area contributed by atoms with Crippen LogP contribution in [0.4, 0.5) is 0 Å². The van der Waals surface area contributed by atoms with Crippen molar-refractivity contribution < 1.29 is 14.1 Å². The van der Waals surface area contributed by atoms with Crippen molar-refractivity contribution in [2.45, 2.75) is 70.1 Å². The maximum Gasteiger partial charge on any atom is 0.265 e. The van der Waals surface area contributed by atoms with Crippen LogP contribution in [0.15, 0.2) is 4.52 Å². The number of likely N-dealkylation sites (tertiary alicyclic amines) is 1. The van der Waals surface area contributed by atoms with E-state index < -0.39 is 0 Å². The second-order valence-electron chi connectivity index (χ2n) is 9.21. The second kappa shape index (κ2) is 8.04. The molecule has 5 rings (SSSR count). The predicted octanol–water partition coefficient (Wildman–Crippen LogP) is 4.01. The van der Waals surface area contributed by atoms with Crippen molar-refractivity contribution in [3.05, 3.63) is 27.3 Å². The van der Waals surface area contributed by atoms with Crippen LogP contribution in [0.3, 0.4) is 0 Å². The van der Waals surface area contributed by atoms with E-state index >= 15 is 0 Å². The number of piperidine rings is 1. The molecule has 1 amide bonds. The van der Waals surface area contributed by atoms with E-state index in [0.29, 0.717) is 5.92 Å². The van der Waals surface area contributed by atoms with E-state index in [9.17, 15) is 4.79 Å². The summed E-state index contributed by atoms with van der Waals surface area (Å²) in [6.45, 7) is 6.89. The number of hydrogen-bond acceptors (Lipinski definition) is 7. The van der Waals surface area contributed by atoms with Gasteiger partial charge in [0.05, 0.1) is 10.7 Å². The van der Waals surface area contributed by atoms with Crippen LogP contribution >= 0.6 is 11.3 Å². The first kappa shape index (κ1) is 20.1. The van der Waals surface area contributed by atoms with Crippen LogP contribution in [0, 0.1) is 19.8 Å². The first-order valence-corrected chi connectivity index (χ1v) is 12.0. The summed E-state index contributed by atoms with van der Waals surface area (Å²) in [5, 5.41) is 5.42. The van der Waals surface area contributed by atoms with Gasteiger partial charge in [-0.1, -0.05) is 18.0 Å². The largest absolute Gasteiger partial charge is 0.381 e. The lowest BCUT2D eigenvalue weighted by molar-refractivity contribution is 0.0649. The lowest BCUT2D eigenvalue weighted by Crippen LogP contribution is -2.46. The molecule has 2 aliphatic heterocycles. The highest BCUT2D eigenvalue weighted by Crippen LogP contribution is 2.47. The first-order chi connectivity index (χ1) is 14.5. The first-order valence-electron chi connectivity index (χ1n) is 11.2. The summed E-state index contributed by atoms with van der Waals surface area (Å²) in [6, 6.07) is 0. The van der Waals surface area contributed by atoms with Gasteiger partial charge in [-0.05, 0) is 51.9 Å². The number of ether oxygens (including phenoxy) is 1. The second-order valence-corrected chi connectivity index (χ2v) is 10.4. The van der Waals surface area contributed by atoms with E-state index in [2.05, 4.69) is 10.1 Å². The fraction of sp³-hybridized carbons (Fsp3) is 0.727. The molecule has 3 aliphatic rings. The minimum atomic E-state index is -0.0659. The number of aryl methyl sites for hydroxylation is 2. The van der Waals surface area contributed by atoms with Crippen LogP contribution < -0.4 is 0 Å². The summed E-state index contributed by atoms with van der Waals surface area (Å²) in [5.74, 6) is 2.85. The van der Waals surface area contributed by atoms with Gasteiger partial charge in [0.25, 0.3) is 5.91 Å². The average Bonchev–Trinajstić information content (AvgIpc) is 3.29. The van der Waals surface area contributed by atoms with E-state index in [-0.39, 0.29) is 11.3 Å². The normalized spacial score (nSPS) is 22.4. The molecule has 0 spiro atoms. The molecule has 7 nitrogen and oxygen atoms in total. The number of amides is 1. The third kappa shape index (κ3) is 3.91. The van der Waals surface area contributed by atoms with Crippen molar-refractivity contribution in [3.63, 3.8) is 0 Å². The van der Waals surface area contributed by atoms with Crippen molar-refractivity contribution in [1.82, 2.24) is 20.0 Å². The van der Waals surface area contributed by atoms with Crippen LogP contribution in [0.5, 0.6) is 0 Å². The van der Waals surface area contributed by atoms with E-state index in [1.165, 1.54) is 24.2 Å². The van der Waals surface area contributed by atoms with Crippen molar-refractivity contribution in [2.75, 3.05) is 26.3 Å². The van der Waals surface area contributed by atoms with Crippen molar-refractivity contribution in [1.29, 1.82) is 0 Å². The molecule has 0 bridgehead atoms. The fourth-order valence-corrected chi connectivity index (χ4v) is 5.85. The minimum Gasteiger partial charge on any atom is -0.381 e. The van der Waals surface area contributed by atoms with Crippen molar-refractivity contribution in [3.8, 4) is 0 Å². The summed E-state index contributed by atoms with van der Waals surface area (Å²) >= 11 is 1.50. The van der Waals surface area contributed by atoms with Gasteiger partial charge < -0.3 is 14.2 Å². The third-order valence-electron chi connectivity index (χ3n) is 6.97. The molecule has 2 saturated heterocycles. The molecule has 3 fully saturated rings. The molecule has 30 heavy (non-hydrogen) atoms. The van der Waals surface area contributed by atoms with Gasteiger partial charge in [0, 0.05) is 37.6 Å². The Kier molecular flexibility index (Phi) is 5.39. The molecule has 8 heteroatoms. The van der Waals surface area contributed by atoms with E-state index in [4.69, 9.17) is 14.2 Å². The van der Waals surface area contributed by atoms with Gasteiger partial charge in [0.2, 0.25) is 5.89 Å². The number of carbonyl (C=O) groups is 1. The smallest absolute Gasteiger partial charge is 0.265 e. The lowest BCUT2D eigenvalue weighted by atomic mass is 9.73. The number of hydrogen-bond donors (Lipinski definition) is 0. The SMILES string of the molecule is Cc1nc(C)c(C(=O)N2CCC(CC3CC3)(c3noc(C4CCOCC4)n3)CC2)s1. The van der Waals surface area contributed by atoms with Crippen molar-refractivity contribution in [2.24, 2.45) is 5.92 Å². The molecule has 0 aromatic carbocycles. The van der Waals surface area contributed by atoms with Crippen LogP contribution in [0.25, 0.3) is 0 Å². The molecular weight excluding hydrogens is 400 g/mol. The van der Waals surface area contributed by atoms with E-state index in [1.54, 1.807) is 0 Å². The van der Waals surface area contributed by atoms with Gasteiger partial charge >= 0.3 is 0 Å². The average molecular weight is 431 g/mol. The van der Waals surface area contributed by atoms with Crippen molar-refractivity contribution >= 4 is 17.2 Å². The zero-order valence-electron chi connectivity index (χ0n) is 17.9. The molecule has 162 valence electrons. The summed E-state index contributed by atoms with van der Waals surface area (Å²) in [4.78, 5) is 25.2. The molecule has 0 atom stereocenters. The monoisotopic (exact) mass is 430 g/mol. The fourth-order valence-electron chi connectivity index (χ4n) is 4.97. The quantitative estimate of drug-likeness (QED) is 0.713. The maximum atomic E-state index is 13.1. The number of thiazole rings is 1. The zero-order valence-corrected chi connectivity index (χ0v) is 18.7. The van der Waals surface area contributed by atoms with Gasteiger partial charge in [0.1, 0.15) is 4.88 Å². The third-order valence-corrected chi connectivity index (χ3v) is 8.03. The van der Waals surface area contributed by atoms with Gasteiger partial charge in [-0.15, -0.1) is 11.3 Å². The van der Waals surface area contributed by atoms with Crippen LogP contribution in [0.1, 0.15) is 83.0 Å². The Morgan fingerprint density at radius 1 is 1.13 bits per heavy atom. The van der Waals surface area contributed by atoms with Gasteiger partial charge in [0.15, 0.2) is 5.82 Å². The highest BCUT2D eigenvalue weighted by atomic mass is 32.1. The highest BCUT2D eigenvalue weighted by molar-refractivity contribution is 7.13. The zero-order chi connectivity index (χ0) is 20.7. The summed E-state index contributed by atoms with van der Waals surface area (Å²) in [7, 11) is 0. The molecule has 0 unspecified atom stereocenters. The van der Waals surface area contributed by atoms with Crippen LogP contribution in [0.2, 0.25) is 0 Å². The predicted molar refractivity (Wildman–Crippen MR) is 113 cm³/mol. The minimum absolute atomic E-state index is 0.0659. The molecule has 0 radical (unpaired) electrons. The molecule has 4 heterocycles. The molecule has 1 saturated carbocycles. The van der Waals surface area contributed by atoms with Crippen LogP contribution in [-0.2, 0) is 10.2 Å². The maximum absolute atomic E-state index is 13.1.